The SMILES string of the molecule is CCOc1ccc([C@H]2C(=C(O)c3ccccc3)C(=O)C(=O)N2CCCN(C)C)cc1OCC. The molecule has 1 fully saturated rings. The largest absolute Gasteiger partial charge is 0.507 e. The van der Waals surface area contributed by atoms with Crippen molar-refractivity contribution in [2.24, 2.45) is 0 Å². The number of carbonyl (C=O) groups excluding carboxylic acids is 2. The maximum absolute atomic E-state index is 13.1. The van der Waals surface area contributed by atoms with Crippen molar-refractivity contribution in [1.82, 2.24) is 9.80 Å². The van der Waals surface area contributed by atoms with Gasteiger partial charge in [-0.3, -0.25) is 9.59 Å². The van der Waals surface area contributed by atoms with Gasteiger partial charge >= 0.3 is 0 Å². The average molecular weight is 453 g/mol. The average Bonchev–Trinajstić information content (AvgIpc) is 3.05. The molecule has 7 heteroatoms. The minimum absolute atomic E-state index is 0.0858. The molecule has 0 unspecified atom stereocenters. The Morgan fingerprint density at radius 2 is 1.67 bits per heavy atom. The second-order valence-corrected chi connectivity index (χ2v) is 8.09. The summed E-state index contributed by atoms with van der Waals surface area (Å²) >= 11 is 0. The number of aliphatic hydroxyl groups excluding tert-OH is 1. The van der Waals surface area contributed by atoms with E-state index in [9.17, 15) is 14.7 Å². The molecule has 1 saturated heterocycles. The lowest BCUT2D eigenvalue weighted by molar-refractivity contribution is -0.139. The highest BCUT2D eigenvalue weighted by Crippen LogP contribution is 2.42. The van der Waals surface area contributed by atoms with Crippen LogP contribution < -0.4 is 9.47 Å². The fourth-order valence-electron chi connectivity index (χ4n) is 4.00. The summed E-state index contributed by atoms with van der Waals surface area (Å²) in [5.74, 6) is -0.340. The van der Waals surface area contributed by atoms with Crippen molar-refractivity contribution in [2.75, 3.05) is 40.4 Å². The van der Waals surface area contributed by atoms with Crippen LogP contribution in [-0.2, 0) is 9.59 Å². The number of benzene rings is 2. The number of likely N-dealkylation sites (tertiary alicyclic amines) is 1. The number of rotatable bonds is 10. The van der Waals surface area contributed by atoms with Gasteiger partial charge in [-0.05, 0) is 58.6 Å². The quantitative estimate of drug-likeness (QED) is 0.335. The van der Waals surface area contributed by atoms with Crippen LogP contribution >= 0.6 is 0 Å². The number of hydrogen-bond acceptors (Lipinski definition) is 6. The van der Waals surface area contributed by atoms with Crippen molar-refractivity contribution >= 4 is 17.4 Å². The molecule has 7 nitrogen and oxygen atoms in total. The molecular formula is C26H32N2O5. The van der Waals surface area contributed by atoms with E-state index in [2.05, 4.69) is 0 Å². The molecule has 3 rings (SSSR count). The zero-order valence-corrected chi connectivity index (χ0v) is 19.7. The van der Waals surface area contributed by atoms with E-state index in [-0.39, 0.29) is 11.3 Å². The van der Waals surface area contributed by atoms with E-state index in [0.717, 1.165) is 6.54 Å². The van der Waals surface area contributed by atoms with Crippen LogP contribution in [-0.4, -0.2) is 67.0 Å². The monoisotopic (exact) mass is 452 g/mol. The molecule has 2 aromatic carbocycles. The van der Waals surface area contributed by atoms with Crippen LogP contribution in [0.4, 0.5) is 0 Å². The first-order chi connectivity index (χ1) is 15.9. The van der Waals surface area contributed by atoms with E-state index >= 15 is 0 Å². The topological polar surface area (TPSA) is 79.3 Å². The van der Waals surface area contributed by atoms with Crippen molar-refractivity contribution in [1.29, 1.82) is 0 Å². The second-order valence-electron chi connectivity index (χ2n) is 8.09. The first kappa shape index (κ1) is 24.3. The summed E-state index contributed by atoms with van der Waals surface area (Å²) < 4.78 is 11.4. The second kappa shape index (κ2) is 11.0. The summed E-state index contributed by atoms with van der Waals surface area (Å²) in [5.41, 5.74) is 1.26. The predicted molar refractivity (Wildman–Crippen MR) is 127 cm³/mol. The number of hydrogen-bond donors (Lipinski definition) is 1. The van der Waals surface area contributed by atoms with Crippen molar-refractivity contribution in [3.63, 3.8) is 0 Å². The van der Waals surface area contributed by atoms with E-state index < -0.39 is 17.7 Å². The van der Waals surface area contributed by atoms with Gasteiger partial charge in [0.15, 0.2) is 11.5 Å². The van der Waals surface area contributed by atoms with E-state index in [1.807, 2.05) is 45.0 Å². The molecule has 1 aliphatic rings. The molecule has 1 amide bonds. The molecule has 0 aromatic heterocycles. The molecule has 1 aliphatic heterocycles. The number of amides is 1. The van der Waals surface area contributed by atoms with Gasteiger partial charge in [-0.15, -0.1) is 0 Å². The minimum Gasteiger partial charge on any atom is -0.507 e. The van der Waals surface area contributed by atoms with Crippen LogP contribution in [0.25, 0.3) is 5.76 Å². The van der Waals surface area contributed by atoms with Gasteiger partial charge in [-0.2, -0.15) is 0 Å². The number of aliphatic hydroxyl groups is 1. The molecule has 33 heavy (non-hydrogen) atoms. The van der Waals surface area contributed by atoms with Crippen LogP contribution in [0.3, 0.4) is 0 Å². The van der Waals surface area contributed by atoms with Gasteiger partial charge in [0.2, 0.25) is 0 Å². The third-order valence-electron chi connectivity index (χ3n) is 5.47. The van der Waals surface area contributed by atoms with E-state index in [0.29, 0.717) is 48.8 Å². The zero-order valence-electron chi connectivity index (χ0n) is 19.7. The summed E-state index contributed by atoms with van der Waals surface area (Å²) in [6.45, 7) is 5.85. The minimum atomic E-state index is -0.720. The fourth-order valence-corrected chi connectivity index (χ4v) is 4.00. The Labute approximate surface area is 195 Å². The predicted octanol–water partition coefficient (Wildman–Crippen LogP) is 3.86. The van der Waals surface area contributed by atoms with Gasteiger partial charge in [-0.1, -0.05) is 36.4 Å². The Bertz CT molecular complexity index is 1020. The first-order valence-electron chi connectivity index (χ1n) is 11.3. The van der Waals surface area contributed by atoms with Gasteiger partial charge in [0.1, 0.15) is 5.76 Å². The maximum Gasteiger partial charge on any atom is 0.295 e. The number of nitrogens with zero attached hydrogens (tertiary/aromatic N) is 2. The van der Waals surface area contributed by atoms with E-state index in [1.165, 1.54) is 0 Å². The highest BCUT2D eigenvalue weighted by Gasteiger charge is 2.46. The molecule has 176 valence electrons. The Hall–Kier alpha value is -3.32. The van der Waals surface area contributed by atoms with Gasteiger partial charge in [0.05, 0.1) is 24.8 Å². The molecule has 1 atom stereocenters. The Balaban J connectivity index is 2.12. The van der Waals surface area contributed by atoms with Crippen molar-refractivity contribution in [2.45, 2.75) is 26.3 Å². The molecule has 2 aromatic rings. The van der Waals surface area contributed by atoms with Crippen molar-refractivity contribution in [3.05, 3.63) is 65.2 Å². The molecule has 1 heterocycles. The third-order valence-corrected chi connectivity index (χ3v) is 5.47. The van der Waals surface area contributed by atoms with Crippen LogP contribution in [0.1, 0.15) is 37.4 Å². The Morgan fingerprint density at radius 3 is 2.30 bits per heavy atom. The molecule has 0 spiro atoms. The highest BCUT2D eigenvalue weighted by atomic mass is 16.5. The summed E-state index contributed by atoms with van der Waals surface area (Å²) in [7, 11) is 3.92. The van der Waals surface area contributed by atoms with Gasteiger partial charge in [-0.25, -0.2) is 0 Å². The summed E-state index contributed by atoms with van der Waals surface area (Å²) in [4.78, 5) is 29.7. The molecule has 0 saturated carbocycles. The lowest BCUT2D eigenvalue weighted by Gasteiger charge is -2.26. The summed E-state index contributed by atoms with van der Waals surface area (Å²) in [6.07, 6.45) is 0.692. The fraction of sp³-hybridized carbons (Fsp3) is 0.385. The smallest absolute Gasteiger partial charge is 0.295 e. The van der Waals surface area contributed by atoms with E-state index in [4.69, 9.17) is 9.47 Å². The van der Waals surface area contributed by atoms with Crippen LogP contribution in [0, 0.1) is 0 Å². The van der Waals surface area contributed by atoms with Crippen molar-refractivity contribution in [3.8, 4) is 11.5 Å². The van der Waals surface area contributed by atoms with Gasteiger partial charge in [0, 0.05) is 12.1 Å². The Kier molecular flexibility index (Phi) is 8.11. The molecule has 0 radical (unpaired) electrons. The molecule has 0 bridgehead atoms. The molecule has 0 aliphatic carbocycles. The normalized spacial score (nSPS) is 17.6. The number of Topliss-reactive ketones (excluding diaryl/α,β-unsaturated/α-hetero) is 1. The van der Waals surface area contributed by atoms with Crippen LogP contribution in [0.5, 0.6) is 11.5 Å². The number of ether oxygens (including phenoxy) is 2. The lowest BCUT2D eigenvalue weighted by atomic mass is 9.95. The summed E-state index contributed by atoms with van der Waals surface area (Å²) in [6, 6.07) is 13.5. The zero-order chi connectivity index (χ0) is 24.0. The van der Waals surface area contributed by atoms with Crippen LogP contribution in [0.2, 0.25) is 0 Å². The first-order valence-corrected chi connectivity index (χ1v) is 11.3. The molecule has 1 N–H and O–H groups in total. The van der Waals surface area contributed by atoms with Crippen LogP contribution in [0.15, 0.2) is 54.1 Å². The summed E-state index contributed by atoms with van der Waals surface area (Å²) in [5, 5.41) is 11.1. The highest BCUT2D eigenvalue weighted by molar-refractivity contribution is 6.46. The van der Waals surface area contributed by atoms with Gasteiger partial charge < -0.3 is 24.4 Å². The standard InChI is InChI=1S/C26H32N2O5/c1-5-32-20-14-13-19(17-21(20)33-6-2)23-22(24(29)18-11-8-7-9-12-18)25(30)26(31)28(23)16-10-15-27(3)4/h7-9,11-14,17,23,29H,5-6,10,15-16H2,1-4H3/t23-/m0/s1. The maximum atomic E-state index is 13.1. The lowest BCUT2D eigenvalue weighted by Crippen LogP contribution is -2.32. The number of ketones is 1. The molecular weight excluding hydrogens is 420 g/mol. The van der Waals surface area contributed by atoms with E-state index in [1.54, 1.807) is 41.3 Å². The number of carbonyl (C=O) groups is 2. The Morgan fingerprint density at radius 1 is 1.00 bits per heavy atom. The van der Waals surface area contributed by atoms with Crippen molar-refractivity contribution < 1.29 is 24.2 Å². The third kappa shape index (κ3) is 5.37. The van der Waals surface area contributed by atoms with Gasteiger partial charge in [0.25, 0.3) is 11.7 Å².